The van der Waals surface area contributed by atoms with Gasteiger partial charge in [-0.25, -0.2) is 4.57 Å². The molecule has 0 aliphatic rings. The Bertz CT molecular complexity index is 482. The minimum Gasteiger partial charge on any atom is -0.505 e. The largest absolute Gasteiger partial charge is 0.505 e. The number of carbonyl (C=O) groups excluding carboxylic acids is 1. The van der Waals surface area contributed by atoms with Gasteiger partial charge >= 0.3 is 7.82 Å². The summed E-state index contributed by atoms with van der Waals surface area (Å²) >= 11 is 0. The highest BCUT2D eigenvalue weighted by Crippen LogP contribution is 2.48. The standard InChI is InChI=1S/C10H14NO6P/c1-7-10(13)9(5-12)8(4-11-7)6-17-18(14,15-2)16-3/h4-5,13H,6H2,1-3H3. The van der Waals surface area contributed by atoms with Crippen LogP contribution in [-0.4, -0.2) is 30.6 Å². The summed E-state index contributed by atoms with van der Waals surface area (Å²) in [5.41, 5.74) is 0.659. The van der Waals surface area contributed by atoms with Crippen LogP contribution in [0.5, 0.6) is 5.75 Å². The van der Waals surface area contributed by atoms with Crippen molar-refractivity contribution in [1.29, 1.82) is 0 Å². The second-order valence-corrected chi connectivity index (χ2v) is 5.22. The maximum absolute atomic E-state index is 11.6. The molecule has 100 valence electrons. The first-order valence-corrected chi connectivity index (χ1v) is 6.42. The number of phosphoric ester groups is 1. The highest BCUT2D eigenvalue weighted by Gasteiger charge is 2.23. The van der Waals surface area contributed by atoms with Crippen molar-refractivity contribution in [2.24, 2.45) is 0 Å². The summed E-state index contributed by atoms with van der Waals surface area (Å²) in [5.74, 6) is -0.226. The molecule has 0 atom stereocenters. The number of rotatable bonds is 6. The number of aromatic hydroxyl groups is 1. The van der Waals surface area contributed by atoms with Gasteiger partial charge in [0.2, 0.25) is 0 Å². The highest BCUT2D eigenvalue weighted by atomic mass is 31.2. The van der Waals surface area contributed by atoms with Gasteiger partial charge in [-0.05, 0) is 6.92 Å². The highest BCUT2D eigenvalue weighted by molar-refractivity contribution is 7.48. The fourth-order valence-corrected chi connectivity index (χ4v) is 1.88. The maximum Gasteiger partial charge on any atom is 0.474 e. The van der Waals surface area contributed by atoms with Crippen molar-refractivity contribution in [3.05, 3.63) is 23.0 Å². The SMILES string of the molecule is COP(=O)(OC)OCc1cnc(C)c(O)c1C=O. The van der Waals surface area contributed by atoms with E-state index in [0.717, 1.165) is 0 Å². The molecule has 0 bridgehead atoms. The Morgan fingerprint density at radius 2 is 2.06 bits per heavy atom. The number of phosphoric acid groups is 1. The van der Waals surface area contributed by atoms with Crippen molar-refractivity contribution >= 4 is 14.1 Å². The third kappa shape index (κ3) is 3.14. The molecule has 0 saturated heterocycles. The van der Waals surface area contributed by atoms with Gasteiger partial charge in [0.1, 0.15) is 5.75 Å². The van der Waals surface area contributed by atoms with E-state index in [2.05, 4.69) is 14.0 Å². The zero-order chi connectivity index (χ0) is 13.8. The van der Waals surface area contributed by atoms with Crippen LogP contribution in [0.1, 0.15) is 21.6 Å². The average molecular weight is 275 g/mol. The minimum atomic E-state index is -3.63. The Balaban J connectivity index is 2.96. The molecule has 0 amide bonds. The predicted octanol–water partition coefficient (Wildman–Crippen LogP) is 1.83. The van der Waals surface area contributed by atoms with Crippen LogP contribution in [0.3, 0.4) is 0 Å². The van der Waals surface area contributed by atoms with Gasteiger partial charge < -0.3 is 5.11 Å². The lowest BCUT2D eigenvalue weighted by Gasteiger charge is -2.14. The van der Waals surface area contributed by atoms with E-state index >= 15 is 0 Å². The summed E-state index contributed by atoms with van der Waals surface area (Å²) in [4.78, 5) is 14.8. The number of aldehydes is 1. The Morgan fingerprint density at radius 3 is 2.56 bits per heavy atom. The monoisotopic (exact) mass is 275 g/mol. The van der Waals surface area contributed by atoms with Crippen LogP contribution in [-0.2, 0) is 24.7 Å². The van der Waals surface area contributed by atoms with Crippen molar-refractivity contribution in [2.45, 2.75) is 13.5 Å². The number of nitrogens with zero attached hydrogens (tertiary/aromatic N) is 1. The zero-order valence-corrected chi connectivity index (χ0v) is 11.1. The van der Waals surface area contributed by atoms with E-state index < -0.39 is 7.82 Å². The number of pyridine rings is 1. The van der Waals surface area contributed by atoms with Crippen LogP contribution >= 0.6 is 7.82 Å². The van der Waals surface area contributed by atoms with E-state index in [4.69, 9.17) is 4.52 Å². The summed E-state index contributed by atoms with van der Waals surface area (Å²) in [6.45, 7) is 1.33. The first kappa shape index (κ1) is 14.8. The van der Waals surface area contributed by atoms with Gasteiger partial charge in [0.25, 0.3) is 0 Å². The summed E-state index contributed by atoms with van der Waals surface area (Å²) in [6.07, 6.45) is 1.84. The quantitative estimate of drug-likeness (QED) is 0.625. The molecule has 1 aromatic heterocycles. The fourth-order valence-electron chi connectivity index (χ4n) is 1.23. The van der Waals surface area contributed by atoms with Crippen molar-refractivity contribution in [3.63, 3.8) is 0 Å². The molecule has 0 fully saturated rings. The molecule has 7 nitrogen and oxygen atoms in total. The summed E-state index contributed by atoms with van der Waals surface area (Å²) in [7, 11) is -1.28. The zero-order valence-electron chi connectivity index (χ0n) is 10.2. The van der Waals surface area contributed by atoms with E-state index in [1.165, 1.54) is 20.4 Å². The third-order valence-electron chi connectivity index (χ3n) is 2.30. The second-order valence-electron chi connectivity index (χ2n) is 3.33. The van der Waals surface area contributed by atoms with Gasteiger partial charge in [0.15, 0.2) is 6.29 Å². The van der Waals surface area contributed by atoms with E-state index in [1.54, 1.807) is 6.92 Å². The summed E-state index contributed by atoms with van der Waals surface area (Å²) in [5, 5.41) is 9.64. The Hall–Kier alpha value is -1.27. The van der Waals surface area contributed by atoms with E-state index in [-0.39, 0.29) is 17.9 Å². The summed E-state index contributed by atoms with van der Waals surface area (Å²) < 4.78 is 25.7. The third-order valence-corrected chi connectivity index (χ3v) is 3.64. The lowest BCUT2D eigenvalue weighted by atomic mass is 10.1. The predicted molar refractivity (Wildman–Crippen MR) is 62.4 cm³/mol. The molecule has 0 spiro atoms. The van der Waals surface area contributed by atoms with Crippen LogP contribution in [0.2, 0.25) is 0 Å². The van der Waals surface area contributed by atoms with Gasteiger partial charge in [-0.1, -0.05) is 0 Å². The van der Waals surface area contributed by atoms with Crippen LogP contribution < -0.4 is 0 Å². The molecule has 1 heterocycles. The normalized spacial score (nSPS) is 11.5. The van der Waals surface area contributed by atoms with Gasteiger partial charge in [0.05, 0.1) is 17.9 Å². The Morgan fingerprint density at radius 1 is 1.44 bits per heavy atom. The smallest absolute Gasteiger partial charge is 0.474 e. The molecular weight excluding hydrogens is 261 g/mol. The Labute approximate surface area is 104 Å². The van der Waals surface area contributed by atoms with Gasteiger partial charge in [-0.2, -0.15) is 0 Å². The molecule has 8 heteroatoms. The lowest BCUT2D eigenvalue weighted by Crippen LogP contribution is -2.01. The van der Waals surface area contributed by atoms with Crippen molar-refractivity contribution in [1.82, 2.24) is 4.98 Å². The van der Waals surface area contributed by atoms with E-state index in [9.17, 15) is 14.5 Å². The second kappa shape index (κ2) is 6.06. The number of hydrogen-bond acceptors (Lipinski definition) is 7. The average Bonchev–Trinajstić information content (AvgIpc) is 2.39. The number of carbonyl (C=O) groups is 1. The van der Waals surface area contributed by atoms with Crippen molar-refractivity contribution < 1.29 is 28.0 Å². The van der Waals surface area contributed by atoms with Crippen LogP contribution in [0, 0.1) is 6.92 Å². The molecule has 0 aliphatic carbocycles. The van der Waals surface area contributed by atoms with Crippen LogP contribution in [0.15, 0.2) is 6.20 Å². The first-order chi connectivity index (χ1) is 8.47. The fraction of sp³-hybridized carbons (Fsp3) is 0.400. The minimum absolute atomic E-state index is 0.0428. The molecule has 0 aromatic carbocycles. The summed E-state index contributed by atoms with van der Waals surface area (Å²) in [6, 6.07) is 0. The van der Waals surface area contributed by atoms with Gasteiger partial charge in [0, 0.05) is 26.0 Å². The molecule has 1 N–H and O–H groups in total. The van der Waals surface area contributed by atoms with Crippen molar-refractivity contribution in [2.75, 3.05) is 14.2 Å². The van der Waals surface area contributed by atoms with Crippen LogP contribution in [0.4, 0.5) is 0 Å². The topological polar surface area (TPSA) is 95.0 Å². The van der Waals surface area contributed by atoms with E-state index in [1.807, 2.05) is 0 Å². The Kier molecular flexibility index (Phi) is 4.98. The van der Waals surface area contributed by atoms with Crippen molar-refractivity contribution in [3.8, 4) is 5.75 Å². The molecule has 1 rings (SSSR count). The molecular formula is C10H14NO6P. The molecule has 0 saturated carbocycles. The molecule has 18 heavy (non-hydrogen) atoms. The van der Waals surface area contributed by atoms with Gasteiger partial charge in [-0.3, -0.25) is 23.3 Å². The van der Waals surface area contributed by atoms with E-state index in [0.29, 0.717) is 17.5 Å². The van der Waals surface area contributed by atoms with Crippen LogP contribution in [0.25, 0.3) is 0 Å². The number of aryl methyl sites for hydroxylation is 1. The molecule has 0 radical (unpaired) electrons. The first-order valence-electron chi connectivity index (χ1n) is 4.96. The maximum atomic E-state index is 11.6. The molecule has 0 unspecified atom stereocenters. The molecule has 1 aromatic rings. The van der Waals surface area contributed by atoms with Gasteiger partial charge in [-0.15, -0.1) is 0 Å². The number of aromatic nitrogens is 1. The molecule has 0 aliphatic heterocycles. The number of hydrogen-bond donors (Lipinski definition) is 1. The lowest BCUT2D eigenvalue weighted by molar-refractivity contribution is 0.111.